The molecule has 3 heterocycles. The molecule has 17 heteroatoms. The number of halogens is 2. The van der Waals surface area contributed by atoms with Gasteiger partial charge in [0.1, 0.15) is 35.0 Å². The molecule has 2 aromatic carbocycles. The summed E-state index contributed by atoms with van der Waals surface area (Å²) >= 11 is 0. The van der Waals surface area contributed by atoms with E-state index in [9.17, 15) is 27.6 Å². The molecule has 3 N–H and O–H groups in total. The molecule has 57 heavy (non-hydrogen) atoms. The summed E-state index contributed by atoms with van der Waals surface area (Å²) in [5.74, 6) is -6.70. The highest BCUT2D eigenvalue weighted by Gasteiger charge is 2.65. The minimum absolute atomic E-state index is 0.0717. The number of alkyl halides is 2. The monoisotopic (exact) mass is 810 g/mol. The first-order chi connectivity index (χ1) is 26.9. The number of alkyl carbamates (subject to hydrolysis) is 1. The van der Waals surface area contributed by atoms with Gasteiger partial charge in [0, 0.05) is 24.8 Å². The van der Waals surface area contributed by atoms with Crippen molar-refractivity contribution in [2.75, 3.05) is 6.54 Å². The third kappa shape index (κ3) is 9.29. The summed E-state index contributed by atoms with van der Waals surface area (Å²) in [6.07, 6.45) is -1.82. The van der Waals surface area contributed by atoms with Crippen LogP contribution in [0.15, 0.2) is 54.6 Å². The summed E-state index contributed by atoms with van der Waals surface area (Å²) < 4.78 is 70.5. The Morgan fingerprint density at radius 2 is 1.61 bits per heavy atom. The number of hydrogen-bond donors (Lipinski definition) is 3. The quantitative estimate of drug-likeness (QED) is 0.293. The lowest BCUT2D eigenvalue weighted by molar-refractivity contribution is -0.141. The lowest BCUT2D eigenvalue weighted by atomic mass is 10.00. The number of para-hydroxylation sites is 2. The third-order valence-electron chi connectivity index (χ3n) is 10.8. The smallest absolute Gasteiger partial charge is 0.408 e. The molecule has 1 aromatic heterocycles. The Morgan fingerprint density at radius 3 is 2.30 bits per heavy atom. The summed E-state index contributed by atoms with van der Waals surface area (Å²) in [6, 6.07) is 13.9. The Bertz CT molecular complexity index is 2150. The van der Waals surface area contributed by atoms with Gasteiger partial charge in [0.15, 0.2) is 0 Å². The highest BCUT2D eigenvalue weighted by Crippen LogP contribution is 2.51. The Morgan fingerprint density at radius 1 is 0.930 bits per heavy atom. The number of hydrogen-bond acceptors (Lipinski definition) is 10. The van der Waals surface area contributed by atoms with Crippen molar-refractivity contribution in [3.63, 3.8) is 0 Å². The molecule has 0 spiro atoms. The molecule has 4 aliphatic rings. The van der Waals surface area contributed by atoms with Gasteiger partial charge in [0.05, 0.1) is 22.8 Å². The highest BCUT2D eigenvalue weighted by molar-refractivity contribution is 7.91. The maximum atomic E-state index is 15.4. The number of fused-ring (bicyclic) bond motifs is 3. The van der Waals surface area contributed by atoms with Crippen LogP contribution in [0.3, 0.4) is 0 Å². The molecular weight excluding hydrogens is 763 g/mol. The second-order valence-corrected chi connectivity index (χ2v) is 18.6. The summed E-state index contributed by atoms with van der Waals surface area (Å²) in [7, 11) is -4.09. The van der Waals surface area contributed by atoms with Gasteiger partial charge >= 0.3 is 6.09 Å². The average molecular weight is 811 g/mol. The third-order valence-corrected chi connectivity index (χ3v) is 12.7. The SMILES string of the molecule is CC(C)(C)OC(=O)NC1CCCCCC(F)(F)CC2CC2(C(=O)NS(=O)(=O)C2CC2)NC(=O)C2CC(Oc3nc4ccccc4nc3-c3ccccc3)CN2C1=O. The van der Waals surface area contributed by atoms with Gasteiger partial charge in [-0.25, -0.2) is 32.0 Å². The summed E-state index contributed by atoms with van der Waals surface area (Å²) in [4.78, 5) is 66.7. The molecule has 3 aromatic rings. The zero-order valence-corrected chi connectivity index (χ0v) is 32.9. The number of benzene rings is 2. The molecule has 2 aliphatic heterocycles. The van der Waals surface area contributed by atoms with Crippen LogP contribution < -0.4 is 20.1 Å². The molecule has 5 atom stereocenters. The lowest BCUT2D eigenvalue weighted by Gasteiger charge is -2.30. The molecular formula is C40H48F2N6O8S. The number of nitrogens with zero attached hydrogens (tertiary/aromatic N) is 3. The second-order valence-electron chi connectivity index (χ2n) is 16.6. The largest absolute Gasteiger partial charge is 0.471 e. The average Bonchev–Trinajstić information content (AvgIpc) is 4.07. The van der Waals surface area contributed by atoms with E-state index in [1.807, 2.05) is 47.2 Å². The molecule has 306 valence electrons. The lowest BCUT2D eigenvalue weighted by Crippen LogP contribution is -2.58. The van der Waals surface area contributed by atoms with Crippen molar-refractivity contribution in [2.24, 2.45) is 5.92 Å². The number of aromatic nitrogens is 2. The zero-order chi connectivity index (χ0) is 40.8. The van der Waals surface area contributed by atoms with E-state index in [4.69, 9.17) is 19.4 Å². The first-order valence-corrected chi connectivity index (χ1v) is 21.0. The first kappa shape index (κ1) is 40.3. The van der Waals surface area contributed by atoms with E-state index in [1.165, 1.54) is 4.90 Å². The molecule has 0 bridgehead atoms. The van der Waals surface area contributed by atoms with E-state index >= 15 is 8.78 Å². The Kier molecular flexibility index (Phi) is 10.9. The number of ether oxygens (including phenoxy) is 2. The normalized spacial score (nSPS) is 26.9. The van der Waals surface area contributed by atoms with Crippen molar-refractivity contribution >= 4 is 44.9 Å². The molecule has 2 saturated carbocycles. The number of carbonyl (C=O) groups is 4. The molecule has 7 rings (SSSR count). The minimum atomic E-state index is -4.09. The van der Waals surface area contributed by atoms with E-state index < -0.39 is 93.1 Å². The van der Waals surface area contributed by atoms with Crippen molar-refractivity contribution < 1.29 is 45.9 Å². The van der Waals surface area contributed by atoms with Crippen LogP contribution in [-0.4, -0.2) is 94.1 Å². The first-order valence-electron chi connectivity index (χ1n) is 19.5. The van der Waals surface area contributed by atoms with Crippen molar-refractivity contribution in [3.8, 4) is 17.1 Å². The van der Waals surface area contributed by atoms with Gasteiger partial charge in [-0.05, 0) is 70.9 Å². The highest BCUT2D eigenvalue weighted by atomic mass is 32.2. The second kappa shape index (κ2) is 15.4. The Balaban J connectivity index is 1.23. The topological polar surface area (TPSA) is 186 Å². The molecule has 4 amide bonds. The van der Waals surface area contributed by atoms with Gasteiger partial charge in [-0.2, -0.15) is 0 Å². The summed E-state index contributed by atoms with van der Waals surface area (Å²) in [5.41, 5.74) is -0.554. The van der Waals surface area contributed by atoms with Crippen LogP contribution in [0.2, 0.25) is 0 Å². The van der Waals surface area contributed by atoms with E-state index in [-0.39, 0.29) is 38.1 Å². The van der Waals surface area contributed by atoms with Crippen LogP contribution in [-0.2, 0) is 29.1 Å². The van der Waals surface area contributed by atoms with E-state index in [0.29, 0.717) is 48.0 Å². The Labute approximate surface area is 329 Å². The Hall–Kier alpha value is -4.93. The van der Waals surface area contributed by atoms with Crippen LogP contribution in [0.5, 0.6) is 5.88 Å². The maximum Gasteiger partial charge on any atom is 0.408 e. The molecule has 4 fully saturated rings. The van der Waals surface area contributed by atoms with Crippen molar-refractivity contribution in [2.45, 2.75) is 125 Å². The van der Waals surface area contributed by atoms with Gasteiger partial charge < -0.3 is 25.0 Å². The summed E-state index contributed by atoms with van der Waals surface area (Å²) in [5, 5.41) is 4.50. The van der Waals surface area contributed by atoms with Gasteiger partial charge in [0.2, 0.25) is 33.6 Å². The van der Waals surface area contributed by atoms with Crippen molar-refractivity contribution in [3.05, 3.63) is 54.6 Å². The van der Waals surface area contributed by atoms with E-state index in [2.05, 4.69) is 10.6 Å². The van der Waals surface area contributed by atoms with Crippen molar-refractivity contribution in [1.82, 2.24) is 30.2 Å². The van der Waals surface area contributed by atoms with Crippen LogP contribution in [0, 0.1) is 5.92 Å². The van der Waals surface area contributed by atoms with Gasteiger partial charge in [-0.1, -0.05) is 55.3 Å². The molecule has 2 aliphatic carbocycles. The molecule has 14 nitrogen and oxygen atoms in total. The van der Waals surface area contributed by atoms with Gasteiger partial charge in [-0.3, -0.25) is 19.1 Å². The van der Waals surface area contributed by atoms with Gasteiger partial charge in [0.25, 0.3) is 5.91 Å². The fourth-order valence-electron chi connectivity index (χ4n) is 7.71. The molecule has 2 saturated heterocycles. The molecule has 0 radical (unpaired) electrons. The minimum Gasteiger partial charge on any atom is -0.471 e. The van der Waals surface area contributed by atoms with E-state index in [0.717, 1.165) is 0 Å². The van der Waals surface area contributed by atoms with Crippen molar-refractivity contribution in [1.29, 1.82) is 0 Å². The number of nitrogens with one attached hydrogen (secondary N) is 3. The number of carbonyl (C=O) groups excluding carboxylic acids is 4. The standard InChI is InChI=1S/C40H48F2N6O8S/c1-38(2,3)56-37(52)45-30-16-8-5-11-19-39(41,42)21-25-22-40(25,36(51)47-57(53,54)27-17-18-27)46-33(49)31-20-26(23-48(31)35(30)50)55-34-32(24-12-6-4-7-13-24)43-28-14-9-10-15-29(28)44-34/h4,6-7,9-10,12-15,25-27,30-31H,5,8,11,16-23H2,1-3H3,(H,45,52)(H,46,49)(H,47,51). The summed E-state index contributed by atoms with van der Waals surface area (Å²) in [6.45, 7) is 4.85. The van der Waals surface area contributed by atoms with E-state index in [1.54, 1.807) is 32.9 Å². The van der Waals surface area contributed by atoms with Crippen LogP contribution >= 0.6 is 0 Å². The maximum absolute atomic E-state index is 15.4. The number of amides is 4. The van der Waals surface area contributed by atoms with Crippen LogP contribution in [0.4, 0.5) is 13.6 Å². The zero-order valence-electron chi connectivity index (χ0n) is 32.1. The predicted octanol–water partition coefficient (Wildman–Crippen LogP) is 5.01. The molecule has 5 unspecified atom stereocenters. The van der Waals surface area contributed by atoms with Crippen LogP contribution in [0.1, 0.15) is 85.0 Å². The fourth-order valence-corrected chi connectivity index (χ4v) is 9.07. The van der Waals surface area contributed by atoms with Gasteiger partial charge in [-0.15, -0.1) is 0 Å². The van der Waals surface area contributed by atoms with Crippen LogP contribution in [0.25, 0.3) is 22.3 Å². The number of sulfonamides is 1. The predicted molar refractivity (Wildman–Crippen MR) is 204 cm³/mol. The fraction of sp³-hybridized carbons (Fsp3) is 0.550. The number of rotatable bonds is 7.